The number of halogens is 2. The molecule has 4 nitrogen and oxygen atoms in total. The molecule has 0 saturated carbocycles. The summed E-state index contributed by atoms with van der Waals surface area (Å²) in [5.74, 6) is -0.838. The Morgan fingerprint density at radius 2 is 2.00 bits per heavy atom. The number of nitrogens with one attached hydrogen (secondary N) is 1. The lowest BCUT2D eigenvalue weighted by atomic mass is 10.2. The van der Waals surface area contributed by atoms with Crippen molar-refractivity contribution in [1.29, 1.82) is 0 Å². The van der Waals surface area contributed by atoms with Crippen LogP contribution in [-0.2, 0) is 9.47 Å². The van der Waals surface area contributed by atoms with E-state index in [1.54, 1.807) is 0 Å². The Hall–Kier alpha value is -0.980. The molecule has 0 heterocycles. The molecule has 0 aromatic heterocycles. The third-order valence-corrected chi connectivity index (χ3v) is 3.00. The molecule has 1 rings (SSSR count). The first-order valence-corrected chi connectivity index (χ1v) is 6.84. The van der Waals surface area contributed by atoms with Crippen molar-refractivity contribution in [3.05, 3.63) is 34.1 Å². The molecule has 6 heteroatoms. The fraction of sp³-hybridized carbons (Fsp3) is 0.462. The maximum atomic E-state index is 13.1. The highest BCUT2D eigenvalue weighted by Crippen LogP contribution is 2.17. The van der Waals surface area contributed by atoms with Crippen molar-refractivity contribution in [3.8, 4) is 0 Å². The van der Waals surface area contributed by atoms with Crippen molar-refractivity contribution in [2.24, 2.45) is 0 Å². The topological polar surface area (TPSA) is 47.6 Å². The monoisotopic (exact) mass is 333 g/mol. The van der Waals surface area contributed by atoms with Gasteiger partial charge in [-0.15, -0.1) is 0 Å². The number of ether oxygens (including phenoxy) is 2. The molecule has 0 aliphatic rings. The van der Waals surface area contributed by atoms with Gasteiger partial charge in [0, 0.05) is 17.7 Å². The van der Waals surface area contributed by atoms with Crippen molar-refractivity contribution >= 4 is 21.8 Å². The normalized spacial score (nSPS) is 10.8. The van der Waals surface area contributed by atoms with Crippen LogP contribution in [-0.4, -0.2) is 32.0 Å². The van der Waals surface area contributed by atoms with Crippen molar-refractivity contribution in [2.75, 3.05) is 19.8 Å². The molecule has 0 unspecified atom stereocenters. The molecule has 0 spiro atoms. The predicted octanol–water partition coefficient (Wildman–Crippen LogP) is 2.72. The summed E-state index contributed by atoms with van der Waals surface area (Å²) in [6.07, 6.45) is -0.494. The molecule has 19 heavy (non-hydrogen) atoms. The van der Waals surface area contributed by atoms with Crippen LogP contribution in [0.25, 0.3) is 0 Å². The summed E-state index contributed by atoms with van der Waals surface area (Å²) in [4.78, 5) is 11.9. The van der Waals surface area contributed by atoms with Gasteiger partial charge in [-0.1, -0.05) is 0 Å². The average Bonchev–Trinajstić information content (AvgIpc) is 2.39. The van der Waals surface area contributed by atoms with Crippen LogP contribution >= 0.6 is 15.9 Å². The molecular weight excluding hydrogens is 317 g/mol. The van der Waals surface area contributed by atoms with E-state index in [0.29, 0.717) is 17.7 Å². The van der Waals surface area contributed by atoms with Crippen LogP contribution in [0, 0.1) is 5.82 Å². The Balaban J connectivity index is 2.61. The van der Waals surface area contributed by atoms with E-state index in [-0.39, 0.29) is 18.0 Å². The maximum Gasteiger partial charge on any atom is 0.252 e. The Bertz CT molecular complexity index is 422. The SMILES string of the molecule is CCOC(CNC(=O)c1cc(F)ccc1Br)OCC. The molecule has 0 atom stereocenters. The van der Waals surface area contributed by atoms with Gasteiger partial charge in [-0.2, -0.15) is 0 Å². The molecule has 0 bridgehead atoms. The van der Waals surface area contributed by atoms with Gasteiger partial charge in [0.1, 0.15) is 5.82 Å². The molecule has 1 N–H and O–H groups in total. The van der Waals surface area contributed by atoms with Crippen molar-refractivity contribution < 1.29 is 18.7 Å². The number of amides is 1. The highest BCUT2D eigenvalue weighted by molar-refractivity contribution is 9.10. The zero-order chi connectivity index (χ0) is 14.3. The first-order chi connectivity index (χ1) is 9.08. The summed E-state index contributed by atoms with van der Waals surface area (Å²) in [6, 6.07) is 3.95. The minimum atomic E-state index is -0.494. The first-order valence-electron chi connectivity index (χ1n) is 6.04. The quantitative estimate of drug-likeness (QED) is 0.780. The van der Waals surface area contributed by atoms with E-state index in [0.717, 1.165) is 0 Å². The summed E-state index contributed by atoms with van der Waals surface area (Å²) < 4.78 is 24.2. The van der Waals surface area contributed by atoms with E-state index in [9.17, 15) is 9.18 Å². The zero-order valence-electron chi connectivity index (χ0n) is 10.9. The summed E-state index contributed by atoms with van der Waals surface area (Å²) in [5.41, 5.74) is 0.242. The molecule has 1 amide bonds. The van der Waals surface area contributed by atoms with Gasteiger partial charge in [0.15, 0.2) is 6.29 Å². The number of rotatable bonds is 7. The number of carbonyl (C=O) groups excluding carboxylic acids is 1. The number of carbonyl (C=O) groups is 1. The third kappa shape index (κ3) is 5.26. The lowest BCUT2D eigenvalue weighted by molar-refractivity contribution is -0.131. The van der Waals surface area contributed by atoms with Crippen LogP contribution in [0.15, 0.2) is 22.7 Å². The van der Waals surface area contributed by atoms with Crippen LogP contribution in [0.3, 0.4) is 0 Å². The smallest absolute Gasteiger partial charge is 0.252 e. The van der Waals surface area contributed by atoms with E-state index < -0.39 is 12.1 Å². The Morgan fingerprint density at radius 1 is 1.37 bits per heavy atom. The standard InChI is InChI=1S/C13H17BrFNO3/c1-3-18-12(19-4-2)8-16-13(17)10-7-9(15)5-6-11(10)14/h5-7,12H,3-4,8H2,1-2H3,(H,16,17). The Labute approximate surface area is 120 Å². The van der Waals surface area contributed by atoms with Crippen molar-refractivity contribution in [1.82, 2.24) is 5.32 Å². The third-order valence-electron chi connectivity index (χ3n) is 2.31. The number of hydrogen-bond donors (Lipinski definition) is 1. The Kier molecular flexibility index (Phi) is 6.97. The van der Waals surface area contributed by atoms with Gasteiger partial charge in [0.2, 0.25) is 0 Å². The first kappa shape index (κ1) is 16.1. The van der Waals surface area contributed by atoms with Crippen molar-refractivity contribution in [2.45, 2.75) is 20.1 Å². The second-order valence-corrected chi connectivity index (χ2v) is 4.53. The van der Waals surface area contributed by atoms with Crippen LogP contribution in [0.5, 0.6) is 0 Å². The zero-order valence-corrected chi connectivity index (χ0v) is 12.5. The lowest BCUT2D eigenvalue weighted by Crippen LogP contribution is -2.35. The molecule has 0 fully saturated rings. The van der Waals surface area contributed by atoms with Crippen LogP contribution < -0.4 is 5.32 Å². The second kappa shape index (κ2) is 8.24. The Morgan fingerprint density at radius 3 is 2.58 bits per heavy atom. The average molecular weight is 334 g/mol. The van der Waals surface area contributed by atoms with Gasteiger partial charge in [-0.05, 0) is 48.0 Å². The molecule has 0 aliphatic carbocycles. The molecule has 0 aliphatic heterocycles. The second-order valence-electron chi connectivity index (χ2n) is 3.67. The molecule has 0 radical (unpaired) electrons. The summed E-state index contributed by atoms with van der Waals surface area (Å²) in [7, 11) is 0. The molecule has 1 aromatic rings. The van der Waals surface area contributed by atoms with Gasteiger partial charge >= 0.3 is 0 Å². The van der Waals surface area contributed by atoms with Crippen LogP contribution in [0.2, 0.25) is 0 Å². The highest BCUT2D eigenvalue weighted by atomic mass is 79.9. The van der Waals surface area contributed by atoms with E-state index >= 15 is 0 Å². The fourth-order valence-corrected chi connectivity index (χ4v) is 1.91. The molecule has 1 aromatic carbocycles. The van der Waals surface area contributed by atoms with Gasteiger partial charge in [0.25, 0.3) is 5.91 Å². The van der Waals surface area contributed by atoms with Gasteiger partial charge < -0.3 is 14.8 Å². The summed E-state index contributed by atoms with van der Waals surface area (Å²) in [5, 5.41) is 2.65. The van der Waals surface area contributed by atoms with E-state index in [1.807, 2.05) is 13.8 Å². The highest BCUT2D eigenvalue weighted by Gasteiger charge is 2.14. The minimum absolute atomic E-state index is 0.212. The van der Waals surface area contributed by atoms with E-state index in [4.69, 9.17) is 9.47 Å². The number of hydrogen-bond acceptors (Lipinski definition) is 3. The lowest BCUT2D eigenvalue weighted by Gasteiger charge is -2.17. The minimum Gasteiger partial charge on any atom is -0.351 e. The predicted molar refractivity (Wildman–Crippen MR) is 73.5 cm³/mol. The molecule has 106 valence electrons. The van der Waals surface area contributed by atoms with E-state index in [1.165, 1.54) is 18.2 Å². The largest absolute Gasteiger partial charge is 0.351 e. The maximum absolute atomic E-state index is 13.1. The summed E-state index contributed by atoms with van der Waals surface area (Å²) in [6.45, 7) is 4.88. The summed E-state index contributed by atoms with van der Waals surface area (Å²) >= 11 is 3.21. The van der Waals surface area contributed by atoms with E-state index in [2.05, 4.69) is 21.2 Å². The van der Waals surface area contributed by atoms with Crippen molar-refractivity contribution in [3.63, 3.8) is 0 Å². The van der Waals surface area contributed by atoms with Crippen LogP contribution in [0.1, 0.15) is 24.2 Å². The van der Waals surface area contributed by atoms with Gasteiger partial charge in [-0.3, -0.25) is 4.79 Å². The number of benzene rings is 1. The molecular formula is C13H17BrFNO3. The molecule has 0 saturated heterocycles. The van der Waals surface area contributed by atoms with Gasteiger partial charge in [-0.25, -0.2) is 4.39 Å². The van der Waals surface area contributed by atoms with Crippen LogP contribution in [0.4, 0.5) is 4.39 Å². The fourth-order valence-electron chi connectivity index (χ4n) is 1.48. The van der Waals surface area contributed by atoms with Gasteiger partial charge in [0.05, 0.1) is 12.1 Å².